The van der Waals surface area contributed by atoms with Crippen LogP contribution in [0.3, 0.4) is 0 Å². The van der Waals surface area contributed by atoms with Crippen molar-refractivity contribution in [2.45, 2.75) is 60.0 Å². The number of carbonyl (C=O) groups is 1. The molecule has 184 valence electrons. The first-order valence-corrected chi connectivity index (χ1v) is 11.9. The van der Waals surface area contributed by atoms with Crippen LogP contribution in [0.5, 0.6) is 0 Å². The fraction of sp³-hybridized carbons (Fsp3) is 0.370. The van der Waals surface area contributed by atoms with Gasteiger partial charge in [-0.15, -0.1) is 0 Å². The number of carbonyl (C=O) groups excluding carboxylic acids is 1. The molecule has 0 fully saturated rings. The van der Waals surface area contributed by atoms with E-state index >= 15 is 4.39 Å². The fourth-order valence-corrected chi connectivity index (χ4v) is 5.01. The molecule has 0 aliphatic carbocycles. The maximum Gasteiger partial charge on any atom is 0.275 e. The van der Waals surface area contributed by atoms with Gasteiger partial charge in [0.25, 0.3) is 5.91 Å². The average Bonchev–Trinajstić information content (AvgIpc) is 3.44. The largest absolute Gasteiger partial charge is 0.350 e. The second-order valence-corrected chi connectivity index (χ2v) is 8.96. The first-order chi connectivity index (χ1) is 17.2. The third-order valence-corrected chi connectivity index (χ3v) is 7.09. The van der Waals surface area contributed by atoms with Crippen LogP contribution in [-0.4, -0.2) is 33.5 Å². The molecular formula is C27H28FN7O. The van der Waals surface area contributed by atoms with Crippen molar-refractivity contribution in [3.63, 3.8) is 0 Å². The van der Waals surface area contributed by atoms with Crippen molar-refractivity contribution >= 4 is 11.7 Å². The number of aryl methyl sites for hydroxylation is 2. The zero-order valence-electron chi connectivity index (χ0n) is 21.3. The van der Waals surface area contributed by atoms with Crippen molar-refractivity contribution in [1.29, 1.82) is 10.5 Å². The highest BCUT2D eigenvalue weighted by molar-refractivity contribution is 6.14. The van der Waals surface area contributed by atoms with Gasteiger partial charge in [0.1, 0.15) is 17.3 Å². The van der Waals surface area contributed by atoms with Crippen LogP contribution in [0.2, 0.25) is 0 Å². The fourth-order valence-electron chi connectivity index (χ4n) is 5.01. The molecule has 2 aliphatic heterocycles. The molecule has 0 spiro atoms. The molecule has 0 bridgehead atoms. The molecule has 0 atom stereocenters. The molecule has 36 heavy (non-hydrogen) atoms. The summed E-state index contributed by atoms with van der Waals surface area (Å²) in [4.78, 5) is 19.4. The van der Waals surface area contributed by atoms with Crippen molar-refractivity contribution in [1.82, 2.24) is 20.0 Å². The van der Waals surface area contributed by atoms with Gasteiger partial charge in [0.2, 0.25) is 0 Å². The summed E-state index contributed by atoms with van der Waals surface area (Å²) in [6.45, 7) is 9.94. The molecule has 0 saturated heterocycles. The van der Waals surface area contributed by atoms with Crippen LogP contribution in [0, 0.1) is 35.4 Å². The minimum Gasteiger partial charge on any atom is -0.350 e. The molecule has 3 heterocycles. The average molecular weight is 486 g/mol. The maximum atomic E-state index is 16.0. The highest BCUT2D eigenvalue weighted by Crippen LogP contribution is 2.43. The van der Waals surface area contributed by atoms with E-state index in [0.29, 0.717) is 63.7 Å². The van der Waals surface area contributed by atoms with Gasteiger partial charge in [-0.1, -0.05) is 6.92 Å². The van der Waals surface area contributed by atoms with Crippen molar-refractivity contribution < 1.29 is 9.18 Å². The van der Waals surface area contributed by atoms with E-state index in [0.717, 1.165) is 5.69 Å². The molecule has 0 radical (unpaired) electrons. The first-order valence-electron chi connectivity index (χ1n) is 11.9. The first kappa shape index (κ1) is 24.9. The van der Waals surface area contributed by atoms with Crippen LogP contribution in [0.25, 0.3) is 0 Å². The van der Waals surface area contributed by atoms with E-state index in [-0.39, 0.29) is 18.0 Å². The molecule has 0 unspecified atom stereocenters. The van der Waals surface area contributed by atoms with Crippen LogP contribution < -0.4 is 5.32 Å². The van der Waals surface area contributed by atoms with Crippen LogP contribution in [0.15, 0.2) is 39.7 Å². The number of rotatable bonds is 4. The van der Waals surface area contributed by atoms with Crippen LogP contribution in [0.4, 0.5) is 4.39 Å². The van der Waals surface area contributed by atoms with Gasteiger partial charge in [-0.05, 0) is 57.4 Å². The number of amidine groups is 1. The standard InChI is InChI=1S/C27H28FN7O/c1-7-17-22-13-31-26(32-27(36)23-9-14(3)33-35(23)8-2)18(22)10-19(25(17)28)24-20(11-29)15(4)34(6)16(5)21(24)12-30/h9-10,24H,7-8,13H2,1-6H3,(H,31,32,36). The number of amides is 1. The lowest BCUT2D eigenvalue weighted by molar-refractivity contribution is 0.0966. The predicted octanol–water partition coefficient (Wildman–Crippen LogP) is 4.23. The number of hydrogen-bond acceptors (Lipinski definition) is 6. The Morgan fingerprint density at radius 1 is 1.17 bits per heavy atom. The predicted molar refractivity (Wildman–Crippen MR) is 133 cm³/mol. The van der Waals surface area contributed by atoms with Crippen LogP contribution in [0.1, 0.15) is 72.0 Å². The highest BCUT2D eigenvalue weighted by Gasteiger charge is 2.36. The minimum atomic E-state index is -0.839. The van der Waals surface area contributed by atoms with Gasteiger partial charge in [-0.3, -0.25) is 14.5 Å². The molecule has 2 aromatic rings. The number of allylic oxidation sites excluding steroid dienone is 4. The van der Waals surface area contributed by atoms with Gasteiger partial charge in [0.15, 0.2) is 0 Å². The number of nitrogens with zero attached hydrogens (tertiary/aromatic N) is 6. The van der Waals surface area contributed by atoms with Crippen LogP contribution in [-0.2, 0) is 19.5 Å². The van der Waals surface area contributed by atoms with E-state index in [4.69, 9.17) is 0 Å². The number of nitriles is 2. The van der Waals surface area contributed by atoms with E-state index in [1.807, 2.05) is 20.8 Å². The molecule has 1 aromatic heterocycles. The number of halogens is 1. The highest BCUT2D eigenvalue weighted by atomic mass is 19.1. The Morgan fingerprint density at radius 2 is 1.81 bits per heavy atom. The number of fused-ring (bicyclic) bond motifs is 1. The smallest absolute Gasteiger partial charge is 0.275 e. The van der Waals surface area contributed by atoms with Crippen molar-refractivity contribution in [3.05, 3.63) is 74.1 Å². The van der Waals surface area contributed by atoms with Crippen molar-refractivity contribution in [2.75, 3.05) is 7.05 Å². The molecular weight excluding hydrogens is 457 g/mol. The van der Waals surface area contributed by atoms with E-state index in [9.17, 15) is 15.3 Å². The Kier molecular flexibility index (Phi) is 6.51. The molecule has 2 aliphatic rings. The van der Waals surface area contributed by atoms with Crippen molar-refractivity contribution in [2.24, 2.45) is 4.99 Å². The summed E-state index contributed by atoms with van der Waals surface area (Å²) in [6, 6.07) is 7.76. The topological polar surface area (TPSA) is 110 Å². The lowest BCUT2D eigenvalue weighted by atomic mass is 9.78. The second kappa shape index (κ2) is 9.43. The Morgan fingerprint density at radius 3 is 2.36 bits per heavy atom. The van der Waals surface area contributed by atoms with Gasteiger partial charge in [0, 0.05) is 36.1 Å². The number of aromatic nitrogens is 2. The molecule has 0 saturated carbocycles. The summed E-state index contributed by atoms with van der Waals surface area (Å²) in [5, 5.41) is 27.2. The summed E-state index contributed by atoms with van der Waals surface area (Å²) in [7, 11) is 1.79. The summed E-state index contributed by atoms with van der Waals surface area (Å²) in [6.07, 6.45) is 0.405. The number of nitrogens with one attached hydrogen (secondary N) is 1. The molecule has 9 heteroatoms. The molecule has 8 nitrogen and oxygen atoms in total. The number of hydrogen-bond donors (Lipinski definition) is 1. The monoisotopic (exact) mass is 485 g/mol. The third kappa shape index (κ3) is 3.77. The van der Waals surface area contributed by atoms with E-state index < -0.39 is 11.7 Å². The molecule has 4 rings (SSSR count). The SMILES string of the molecule is CCc1c(F)c(C2C(C#N)=C(C)N(C)C(C)=C2C#N)cc2c1CN=C2NC(=O)c1cc(C)nn1CC. The lowest BCUT2D eigenvalue weighted by Crippen LogP contribution is -2.32. The normalized spacial score (nSPS) is 15.6. The summed E-state index contributed by atoms with van der Waals surface area (Å²) >= 11 is 0. The number of benzene rings is 1. The van der Waals surface area contributed by atoms with Gasteiger partial charge < -0.3 is 10.2 Å². The van der Waals surface area contributed by atoms with Crippen LogP contribution >= 0.6 is 0 Å². The molecule has 1 amide bonds. The second-order valence-electron chi connectivity index (χ2n) is 8.96. The van der Waals surface area contributed by atoms with E-state index in [2.05, 4.69) is 27.5 Å². The Bertz CT molecular complexity index is 1420. The maximum absolute atomic E-state index is 16.0. The van der Waals surface area contributed by atoms with E-state index in [1.165, 1.54) is 0 Å². The van der Waals surface area contributed by atoms with Gasteiger partial charge in [-0.25, -0.2) is 4.39 Å². The summed E-state index contributed by atoms with van der Waals surface area (Å²) in [5.41, 5.74) is 5.16. The lowest BCUT2D eigenvalue weighted by Gasteiger charge is -2.33. The number of aliphatic imine (C=N–C) groups is 1. The quantitative estimate of drug-likeness (QED) is 0.697. The Hall–Kier alpha value is -4.24. The van der Waals surface area contributed by atoms with Gasteiger partial charge in [-0.2, -0.15) is 15.6 Å². The zero-order chi connectivity index (χ0) is 26.3. The summed E-state index contributed by atoms with van der Waals surface area (Å²) in [5.74, 6) is -1.28. The Balaban J connectivity index is 1.85. The van der Waals surface area contributed by atoms with E-state index in [1.54, 1.807) is 42.6 Å². The van der Waals surface area contributed by atoms with Gasteiger partial charge >= 0.3 is 0 Å². The third-order valence-electron chi connectivity index (χ3n) is 7.09. The Labute approximate surface area is 210 Å². The minimum absolute atomic E-state index is 0.240. The molecule has 1 N–H and O–H groups in total. The molecule has 1 aromatic carbocycles. The van der Waals surface area contributed by atoms with Gasteiger partial charge in [0.05, 0.1) is 41.4 Å². The van der Waals surface area contributed by atoms with Crippen molar-refractivity contribution in [3.8, 4) is 12.1 Å². The zero-order valence-corrected chi connectivity index (χ0v) is 21.3. The summed E-state index contributed by atoms with van der Waals surface area (Å²) < 4.78 is 17.6.